The third kappa shape index (κ3) is 6.57. The lowest BCUT2D eigenvalue weighted by atomic mass is 9.98. The normalized spacial score (nSPS) is 13.5. The summed E-state index contributed by atoms with van der Waals surface area (Å²) in [6.45, 7) is 10.5. The van der Waals surface area contributed by atoms with E-state index in [9.17, 15) is 14.4 Å². The first-order chi connectivity index (χ1) is 11.5. The summed E-state index contributed by atoms with van der Waals surface area (Å²) in [5.74, 6) is -0.623. The molecule has 1 aromatic carbocycles. The number of rotatable bonds is 6. The number of nitrogens with one attached hydrogen (secondary N) is 2. The van der Waals surface area contributed by atoms with E-state index >= 15 is 0 Å². The van der Waals surface area contributed by atoms with E-state index in [1.54, 1.807) is 45.0 Å². The van der Waals surface area contributed by atoms with Crippen molar-refractivity contribution in [1.82, 2.24) is 5.32 Å². The maximum Gasteiger partial charge on any atom is 0.408 e. The smallest absolute Gasteiger partial charge is 0.408 e. The van der Waals surface area contributed by atoms with Crippen LogP contribution in [0, 0.1) is 5.92 Å². The number of anilines is 1. The Morgan fingerprint density at radius 1 is 1.16 bits per heavy atom. The Morgan fingerprint density at radius 3 is 2.28 bits per heavy atom. The number of alkyl carbamates (subject to hydrolysis) is 1. The maximum atomic E-state index is 12.7. The van der Waals surface area contributed by atoms with E-state index < -0.39 is 17.7 Å². The summed E-state index contributed by atoms with van der Waals surface area (Å²) < 4.78 is 5.24. The van der Waals surface area contributed by atoms with Gasteiger partial charge in [-0.1, -0.05) is 32.4 Å². The molecule has 0 aliphatic heterocycles. The van der Waals surface area contributed by atoms with Gasteiger partial charge < -0.3 is 15.4 Å². The Balaban J connectivity index is 2.95. The highest BCUT2D eigenvalue weighted by Crippen LogP contribution is 2.18. The van der Waals surface area contributed by atoms with Crippen LogP contribution in [0.4, 0.5) is 10.5 Å². The van der Waals surface area contributed by atoms with Crippen molar-refractivity contribution in [3.05, 3.63) is 29.8 Å². The molecule has 2 atom stereocenters. The second-order valence-electron chi connectivity index (χ2n) is 7.10. The molecule has 2 amide bonds. The third-order valence-electron chi connectivity index (χ3n) is 3.73. The maximum absolute atomic E-state index is 12.7. The van der Waals surface area contributed by atoms with Crippen molar-refractivity contribution in [3.63, 3.8) is 0 Å². The third-order valence-corrected chi connectivity index (χ3v) is 3.73. The first kappa shape index (κ1) is 20.7. The number of amides is 2. The number of Topliss-reactive ketones (excluding diaryl/α,β-unsaturated/α-hetero) is 1. The van der Waals surface area contributed by atoms with Crippen molar-refractivity contribution < 1.29 is 19.1 Å². The molecule has 1 unspecified atom stereocenters. The molecular weight excluding hydrogens is 320 g/mol. The molecule has 0 aliphatic rings. The number of carbonyl (C=O) groups is 3. The van der Waals surface area contributed by atoms with Crippen LogP contribution >= 0.6 is 0 Å². The molecule has 1 rings (SSSR count). The fraction of sp³-hybridized carbons (Fsp3) is 0.526. The molecule has 0 saturated heterocycles. The van der Waals surface area contributed by atoms with Crippen molar-refractivity contribution >= 4 is 23.5 Å². The summed E-state index contributed by atoms with van der Waals surface area (Å²) in [7, 11) is 0. The second-order valence-corrected chi connectivity index (χ2v) is 7.10. The van der Waals surface area contributed by atoms with E-state index in [0.29, 0.717) is 17.7 Å². The lowest BCUT2D eigenvalue weighted by Gasteiger charge is -2.26. The van der Waals surface area contributed by atoms with Gasteiger partial charge in [0, 0.05) is 5.56 Å². The Morgan fingerprint density at radius 2 is 1.76 bits per heavy atom. The lowest BCUT2D eigenvalue weighted by molar-refractivity contribution is -0.119. The molecule has 25 heavy (non-hydrogen) atoms. The highest BCUT2D eigenvalue weighted by atomic mass is 16.6. The van der Waals surface area contributed by atoms with Gasteiger partial charge in [0.25, 0.3) is 0 Å². The van der Waals surface area contributed by atoms with Crippen LogP contribution in [-0.2, 0) is 9.53 Å². The van der Waals surface area contributed by atoms with Gasteiger partial charge in [-0.2, -0.15) is 0 Å². The Kier molecular flexibility index (Phi) is 7.15. The van der Waals surface area contributed by atoms with Gasteiger partial charge >= 0.3 is 6.09 Å². The zero-order valence-electron chi connectivity index (χ0n) is 15.8. The van der Waals surface area contributed by atoms with E-state index in [1.807, 2.05) is 13.8 Å². The zero-order chi connectivity index (χ0) is 19.2. The molecule has 0 radical (unpaired) electrons. The molecule has 6 heteroatoms. The second kappa shape index (κ2) is 8.65. The van der Waals surface area contributed by atoms with E-state index in [4.69, 9.17) is 4.74 Å². The minimum Gasteiger partial charge on any atom is -0.444 e. The minimum atomic E-state index is -0.764. The van der Waals surface area contributed by atoms with Crippen LogP contribution in [0.25, 0.3) is 0 Å². The molecular formula is C19H28N2O4. The largest absolute Gasteiger partial charge is 0.444 e. The highest BCUT2D eigenvalue weighted by molar-refractivity contribution is 6.05. The average Bonchev–Trinajstić information content (AvgIpc) is 2.50. The van der Waals surface area contributed by atoms with Crippen molar-refractivity contribution in [2.24, 2.45) is 5.92 Å². The van der Waals surface area contributed by atoms with Gasteiger partial charge in [-0.25, -0.2) is 4.79 Å². The van der Waals surface area contributed by atoms with Gasteiger partial charge in [-0.05, 0) is 45.7 Å². The van der Waals surface area contributed by atoms with E-state index in [0.717, 1.165) is 0 Å². The molecule has 0 heterocycles. The molecule has 0 aromatic heterocycles. The molecule has 0 bridgehead atoms. The first-order valence-electron chi connectivity index (χ1n) is 8.45. The van der Waals surface area contributed by atoms with Crippen LogP contribution in [0.15, 0.2) is 24.3 Å². The number of hydrogen-bond donors (Lipinski definition) is 2. The number of carbonyl (C=O) groups excluding carboxylic acids is 3. The number of para-hydroxylation sites is 1. The van der Waals surface area contributed by atoms with Crippen molar-refractivity contribution in [1.29, 1.82) is 0 Å². The Labute approximate surface area is 149 Å². The van der Waals surface area contributed by atoms with Crippen LogP contribution in [-0.4, -0.2) is 29.4 Å². The molecule has 0 saturated carbocycles. The van der Waals surface area contributed by atoms with Crippen LogP contribution < -0.4 is 10.6 Å². The highest BCUT2D eigenvalue weighted by Gasteiger charge is 2.28. The molecule has 0 spiro atoms. The molecule has 0 fully saturated rings. The molecule has 1 aromatic rings. The number of ketones is 1. The van der Waals surface area contributed by atoms with Crippen molar-refractivity contribution in [2.75, 3.05) is 5.32 Å². The number of hydrogen-bond acceptors (Lipinski definition) is 4. The number of benzene rings is 1. The van der Waals surface area contributed by atoms with Gasteiger partial charge in [-0.3, -0.25) is 9.59 Å². The summed E-state index contributed by atoms with van der Waals surface area (Å²) >= 11 is 0. The molecule has 6 nitrogen and oxygen atoms in total. The van der Waals surface area contributed by atoms with Crippen molar-refractivity contribution in [3.8, 4) is 0 Å². The summed E-state index contributed by atoms with van der Waals surface area (Å²) in [5, 5.41) is 5.38. The topological polar surface area (TPSA) is 84.5 Å². The summed E-state index contributed by atoms with van der Waals surface area (Å²) in [5.41, 5.74) is 0.206. The van der Waals surface area contributed by atoms with E-state index in [-0.39, 0.29) is 17.6 Å². The fourth-order valence-electron chi connectivity index (χ4n) is 2.25. The first-order valence-corrected chi connectivity index (χ1v) is 8.45. The minimum absolute atomic E-state index is 0.1000. The SMILES string of the molecule is CC[C@H](C)C(NC(=O)OC(C)(C)C)C(=O)Nc1ccccc1C(C)=O. The van der Waals surface area contributed by atoms with E-state index in [1.165, 1.54) is 6.92 Å². The van der Waals surface area contributed by atoms with Crippen molar-refractivity contribution in [2.45, 2.75) is 59.6 Å². The summed E-state index contributed by atoms with van der Waals surface area (Å²) in [6.07, 6.45) is 0.0511. The van der Waals surface area contributed by atoms with Gasteiger partial charge in [0.05, 0.1) is 5.69 Å². The lowest BCUT2D eigenvalue weighted by Crippen LogP contribution is -2.49. The summed E-state index contributed by atoms with van der Waals surface area (Å²) in [4.78, 5) is 36.5. The zero-order valence-corrected chi connectivity index (χ0v) is 15.8. The predicted octanol–water partition coefficient (Wildman–Crippen LogP) is 3.77. The van der Waals surface area contributed by atoms with Gasteiger partial charge in [0.15, 0.2) is 5.78 Å². The van der Waals surface area contributed by atoms with Gasteiger partial charge in [0.1, 0.15) is 11.6 Å². The Bertz CT molecular complexity index is 635. The van der Waals surface area contributed by atoms with Gasteiger partial charge in [-0.15, -0.1) is 0 Å². The molecule has 0 aliphatic carbocycles. The van der Waals surface area contributed by atoms with Crippen LogP contribution in [0.3, 0.4) is 0 Å². The molecule has 138 valence electrons. The fourth-order valence-corrected chi connectivity index (χ4v) is 2.25. The van der Waals surface area contributed by atoms with Crippen LogP contribution in [0.5, 0.6) is 0 Å². The Hall–Kier alpha value is -2.37. The van der Waals surface area contributed by atoms with Crippen LogP contribution in [0.1, 0.15) is 58.3 Å². The monoisotopic (exact) mass is 348 g/mol. The quantitative estimate of drug-likeness (QED) is 0.767. The molecule has 2 N–H and O–H groups in total. The average molecular weight is 348 g/mol. The van der Waals surface area contributed by atoms with Gasteiger partial charge in [0.2, 0.25) is 5.91 Å². The standard InChI is InChI=1S/C19H28N2O4/c1-7-12(2)16(21-18(24)25-19(4,5)6)17(23)20-15-11-9-8-10-14(15)13(3)22/h8-12,16H,7H2,1-6H3,(H,20,23)(H,21,24)/t12-,16?/m0/s1. The van der Waals surface area contributed by atoms with Crippen LogP contribution in [0.2, 0.25) is 0 Å². The summed E-state index contributed by atoms with van der Waals surface area (Å²) in [6, 6.07) is 6.02. The predicted molar refractivity (Wildman–Crippen MR) is 97.7 cm³/mol. The number of ether oxygens (including phenoxy) is 1. The van der Waals surface area contributed by atoms with E-state index in [2.05, 4.69) is 10.6 Å².